The molecule has 5 nitrogen and oxygen atoms in total. The van der Waals surface area contributed by atoms with Crippen molar-refractivity contribution in [3.05, 3.63) is 30.3 Å². The Hall–Kier alpha value is -2.17. The van der Waals surface area contributed by atoms with E-state index in [2.05, 4.69) is 15.4 Å². The minimum atomic E-state index is -0.418. The lowest BCUT2D eigenvalue weighted by molar-refractivity contribution is -0.124. The Morgan fingerprint density at radius 2 is 1.95 bits per heavy atom. The van der Waals surface area contributed by atoms with Gasteiger partial charge < -0.3 is 0 Å². The van der Waals surface area contributed by atoms with Crippen LogP contribution >= 0.6 is 0 Å². The normalized spacial score (nSPS) is 11.4. The van der Waals surface area contributed by atoms with E-state index in [1.807, 2.05) is 51.1 Å². The molecule has 0 aliphatic rings. The quantitative estimate of drug-likeness (QED) is 0.931. The predicted molar refractivity (Wildman–Crippen MR) is 79.1 cm³/mol. The van der Waals surface area contributed by atoms with Gasteiger partial charge in [0.05, 0.1) is 0 Å². The van der Waals surface area contributed by atoms with E-state index in [-0.39, 0.29) is 5.91 Å². The van der Waals surface area contributed by atoms with Gasteiger partial charge in [-0.05, 0) is 6.42 Å². The van der Waals surface area contributed by atoms with Gasteiger partial charge in [-0.25, -0.2) is 4.68 Å². The highest BCUT2D eigenvalue weighted by molar-refractivity contribution is 5.93. The molecular formula is C15H20N4O. The lowest BCUT2D eigenvalue weighted by Crippen LogP contribution is -2.31. The van der Waals surface area contributed by atoms with Crippen LogP contribution in [0.4, 0.5) is 5.95 Å². The van der Waals surface area contributed by atoms with Crippen LogP contribution in [-0.2, 0) is 11.8 Å². The van der Waals surface area contributed by atoms with Crippen molar-refractivity contribution in [1.82, 2.24) is 14.8 Å². The van der Waals surface area contributed by atoms with Gasteiger partial charge in [-0.3, -0.25) is 10.1 Å². The van der Waals surface area contributed by atoms with Crippen LogP contribution in [0, 0.1) is 5.41 Å². The monoisotopic (exact) mass is 272 g/mol. The van der Waals surface area contributed by atoms with Crippen LogP contribution in [0.5, 0.6) is 0 Å². The SMILES string of the molecule is CCC(C)(C)C(=O)Nc1nc(-c2ccccc2)nn1C. The van der Waals surface area contributed by atoms with Gasteiger partial charge in [-0.1, -0.05) is 51.1 Å². The largest absolute Gasteiger partial charge is 0.294 e. The van der Waals surface area contributed by atoms with Crippen molar-refractivity contribution in [2.45, 2.75) is 27.2 Å². The number of amides is 1. The van der Waals surface area contributed by atoms with E-state index in [1.54, 1.807) is 11.7 Å². The van der Waals surface area contributed by atoms with Crippen molar-refractivity contribution in [2.75, 3.05) is 5.32 Å². The highest BCUT2D eigenvalue weighted by Gasteiger charge is 2.26. The van der Waals surface area contributed by atoms with Crippen LogP contribution < -0.4 is 5.32 Å². The minimum Gasteiger partial charge on any atom is -0.294 e. The molecule has 0 aliphatic carbocycles. The van der Waals surface area contributed by atoms with Crippen molar-refractivity contribution >= 4 is 11.9 Å². The first kappa shape index (κ1) is 14.2. The lowest BCUT2D eigenvalue weighted by Gasteiger charge is -2.20. The zero-order valence-electron chi connectivity index (χ0n) is 12.3. The van der Waals surface area contributed by atoms with Crippen molar-refractivity contribution in [1.29, 1.82) is 0 Å². The molecule has 1 amide bonds. The average molecular weight is 272 g/mol. The molecule has 0 spiro atoms. The summed E-state index contributed by atoms with van der Waals surface area (Å²) in [4.78, 5) is 16.6. The molecule has 0 saturated carbocycles. The van der Waals surface area contributed by atoms with Gasteiger partial charge in [-0.2, -0.15) is 4.98 Å². The number of hydrogen-bond acceptors (Lipinski definition) is 3. The molecule has 106 valence electrons. The summed E-state index contributed by atoms with van der Waals surface area (Å²) >= 11 is 0. The summed E-state index contributed by atoms with van der Waals surface area (Å²) in [5.41, 5.74) is 0.511. The van der Waals surface area contributed by atoms with Crippen LogP contribution in [-0.4, -0.2) is 20.7 Å². The topological polar surface area (TPSA) is 59.8 Å². The number of nitrogens with one attached hydrogen (secondary N) is 1. The molecule has 0 atom stereocenters. The van der Waals surface area contributed by atoms with Gasteiger partial charge in [0.25, 0.3) is 0 Å². The summed E-state index contributed by atoms with van der Waals surface area (Å²) in [5, 5.41) is 7.17. The zero-order chi connectivity index (χ0) is 14.8. The number of carbonyl (C=O) groups excluding carboxylic acids is 1. The summed E-state index contributed by atoms with van der Waals surface area (Å²) in [6.45, 7) is 5.82. The Kier molecular flexibility index (Phi) is 3.88. The third-order valence-corrected chi connectivity index (χ3v) is 3.52. The fourth-order valence-corrected chi connectivity index (χ4v) is 1.63. The first-order chi connectivity index (χ1) is 9.44. The maximum Gasteiger partial charge on any atom is 0.232 e. The molecule has 0 radical (unpaired) electrons. The number of rotatable bonds is 4. The Balaban J connectivity index is 2.23. The number of benzene rings is 1. The lowest BCUT2D eigenvalue weighted by atomic mass is 9.89. The maximum absolute atomic E-state index is 12.2. The molecule has 1 N–H and O–H groups in total. The standard InChI is InChI=1S/C15H20N4O/c1-5-15(2,3)13(20)17-14-16-12(18-19(14)4)11-9-7-6-8-10-11/h6-10H,5H2,1-4H3,(H,16,17,18,20). The summed E-state index contributed by atoms with van der Waals surface area (Å²) in [6, 6.07) is 9.70. The summed E-state index contributed by atoms with van der Waals surface area (Å²) in [7, 11) is 1.77. The van der Waals surface area contributed by atoms with E-state index in [4.69, 9.17) is 0 Å². The molecule has 0 saturated heterocycles. The zero-order valence-corrected chi connectivity index (χ0v) is 12.3. The van der Waals surface area contributed by atoms with Gasteiger partial charge in [0.15, 0.2) is 5.82 Å². The van der Waals surface area contributed by atoms with Crippen LogP contribution in [0.25, 0.3) is 11.4 Å². The van der Waals surface area contributed by atoms with Gasteiger partial charge in [0, 0.05) is 18.0 Å². The Morgan fingerprint density at radius 3 is 2.55 bits per heavy atom. The first-order valence-corrected chi connectivity index (χ1v) is 6.72. The van der Waals surface area contributed by atoms with Crippen LogP contribution in [0.2, 0.25) is 0 Å². The number of anilines is 1. The molecule has 2 rings (SSSR count). The average Bonchev–Trinajstić information content (AvgIpc) is 2.81. The van der Waals surface area contributed by atoms with Gasteiger partial charge in [0.1, 0.15) is 0 Å². The van der Waals surface area contributed by atoms with E-state index in [9.17, 15) is 4.79 Å². The molecule has 2 aromatic rings. The minimum absolute atomic E-state index is 0.0462. The second kappa shape index (κ2) is 5.45. The van der Waals surface area contributed by atoms with Crippen molar-refractivity contribution in [2.24, 2.45) is 12.5 Å². The molecule has 5 heteroatoms. The second-order valence-corrected chi connectivity index (χ2v) is 5.44. The van der Waals surface area contributed by atoms with Crippen LogP contribution in [0.3, 0.4) is 0 Å². The maximum atomic E-state index is 12.2. The molecule has 0 unspecified atom stereocenters. The summed E-state index contributed by atoms with van der Waals surface area (Å²) in [5.74, 6) is 1.03. The molecule has 0 bridgehead atoms. The van der Waals surface area contributed by atoms with Crippen LogP contribution in [0.15, 0.2) is 30.3 Å². The number of nitrogens with zero attached hydrogens (tertiary/aromatic N) is 3. The van der Waals surface area contributed by atoms with Crippen LogP contribution in [0.1, 0.15) is 27.2 Å². The van der Waals surface area contributed by atoms with E-state index in [1.165, 1.54) is 0 Å². The first-order valence-electron chi connectivity index (χ1n) is 6.72. The summed E-state index contributed by atoms with van der Waals surface area (Å²) < 4.78 is 1.59. The number of carbonyl (C=O) groups is 1. The third kappa shape index (κ3) is 2.87. The molecule has 1 heterocycles. The van der Waals surface area contributed by atoms with Crippen molar-refractivity contribution in [3.63, 3.8) is 0 Å². The Morgan fingerprint density at radius 1 is 1.30 bits per heavy atom. The number of hydrogen-bond donors (Lipinski definition) is 1. The van der Waals surface area contributed by atoms with Gasteiger partial charge in [0.2, 0.25) is 11.9 Å². The number of aryl methyl sites for hydroxylation is 1. The fourth-order valence-electron chi connectivity index (χ4n) is 1.63. The molecule has 1 aromatic carbocycles. The smallest absolute Gasteiger partial charge is 0.232 e. The van der Waals surface area contributed by atoms with E-state index >= 15 is 0 Å². The Labute approximate surface area is 119 Å². The molecule has 0 fully saturated rings. The van der Waals surface area contributed by atoms with Gasteiger partial charge in [-0.15, -0.1) is 5.10 Å². The van der Waals surface area contributed by atoms with E-state index < -0.39 is 5.41 Å². The molecule has 1 aromatic heterocycles. The predicted octanol–water partition coefficient (Wildman–Crippen LogP) is 2.86. The number of aromatic nitrogens is 3. The van der Waals surface area contributed by atoms with E-state index in [0.29, 0.717) is 11.8 Å². The highest BCUT2D eigenvalue weighted by Crippen LogP contribution is 2.22. The van der Waals surface area contributed by atoms with Crippen molar-refractivity contribution in [3.8, 4) is 11.4 Å². The third-order valence-electron chi connectivity index (χ3n) is 3.52. The second-order valence-electron chi connectivity index (χ2n) is 5.44. The van der Waals surface area contributed by atoms with Crippen molar-refractivity contribution < 1.29 is 4.79 Å². The molecule has 20 heavy (non-hydrogen) atoms. The highest BCUT2D eigenvalue weighted by atomic mass is 16.2. The summed E-state index contributed by atoms with van der Waals surface area (Å²) in [6.07, 6.45) is 0.766. The van der Waals surface area contributed by atoms with E-state index in [0.717, 1.165) is 12.0 Å². The van der Waals surface area contributed by atoms with Gasteiger partial charge >= 0.3 is 0 Å². The fraction of sp³-hybridized carbons (Fsp3) is 0.400. The Bertz CT molecular complexity index is 602. The molecular weight excluding hydrogens is 252 g/mol. The molecule has 0 aliphatic heterocycles.